The van der Waals surface area contributed by atoms with Crippen molar-refractivity contribution in [3.05, 3.63) is 60.7 Å². The fraction of sp³-hybridized carbons (Fsp3) is 0.333. The van der Waals surface area contributed by atoms with Crippen LogP contribution in [0.2, 0.25) is 0 Å². The van der Waals surface area contributed by atoms with Gasteiger partial charge in [-0.2, -0.15) is 0 Å². The lowest BCUT2D eigenvalue weighted by Gasteiger charge is -2.24. The third kappa shape index (κ3) is 5.48. The van der Waals surface area contributed by atoms with Crippen LogP contribution in [-0.4, -0.2) is 55.2 Å². The van der Waals surface area contributed by atoms with E-state index in [9.17, 15) is 4.79 Å². The van der Waals surface area contributed by atoms with E-state index >= 15 is 0 Å². The summed E-state index contributed by atoms with van der Waals surface area (Å²) in [7, 11) is 0. The highest BCUT2D eigenvalue weighted by atomic mass is 32.1. The number of anilines is 1. The fourth-order valence-corrected chi connectivity index (χ4v) is 4.91. The lowest BCUT2D eigenvalue weighted by molar-refractivity contribution is -0.120. The second-order valence-corrected chi connectivity index (χ2v) is 8.91. The summed E-state index contributed by atoms with van der Waals surface area (Å²) in [6.07, 6.45) is 0. The average Bonchev–Trinajstić information content (AvgIpc) is 3.30. The first-order valence-corrected chi connectivity index (χ1v) is 12.6. The van der Waals surface area contributed by atoms with Crippen LogP contribution in [-0.2, 0) is 4.79 Å². The number of benzene rings is 3. The van der Waals surface area contributed by atoms with E-state index < -0.39 is 0 Å². The predicted octanol–water partition coefficient (Wildman–Crippen LogP) is 5.60. The van der Waals surface area contributed by atoms with Gasteiger partial charge in [0.1, 0.15) is 17.0 Å². The lowest BCUT2D eigenvalue weighted by Crippen LogP contribution is -2.41. The Hall–Kier alpha value is -3.16. The third-order valence-electron chi connectivity index (χ3n) is 5.82. The Kier molecular flexibility index (Phi) is 7.98. The number of rotatable bonds is 11. The normalized spacial score (nSPS) is 11.3. The Morgan fingerprint density at radius 1 is 0.912 bits per heavy atom. The highest BCUT2D eigenvalue weighted by Gasteiger charge is 2.22. The maximum Gasteiger partial charge on any atom is 0.266 e. The second kappa shape index (κ2) is 11.3. The van der Waals surface area contributed by atoms with Gasteiger partial charge in [-0.1, -0.05) is 61.6 Å². The Morgan fingerprint density at radius 3 is 2.47 bits per heavy atom. The number of fused-ring (bicyclic) bond motifs is 2. The van der Waals surface area contributed by atoms with Gasteiger partial charge in [-0.05, 0) is 55.1 Å². The molecule has 34 heavy (non-hydrogen) atoms. The number of amides is 1. The number of aromatic nitrogens is 1. The molecule has 1 aromatic heterocycles. The van der Waals surface area contributed by atoms with Crippen molar-refractivity contribution in [2.45, 2.75) is 20.8 Å². The van der Waals surface area contributed by atoms with Gasteiger partial charge in [-0.25, -0.2) is 4.98 Å². The van der Waals surface area contributed by atoms with Crippen LogP contribution >= 0.6 is 11.3 Å². The number of nitrogens with zero attached hydrogens (tertiary/aromatic N) is 3. The molecule has 4 rings (SSSR count). The number of hydrogen-bond acceptors (Lipinski definition) is 6. The maximum atomic E-state index is 13.4. The Balaban J connectivity index is 1.56. The zero-order valence-corrected chi connectivity index (χ0v) is 20.8. The molecule has 1 amide bonds. The largest absolute Gasteiger partial charge is 0.492 e. The number of hydrogen-bond donors (Lipinski definition) is 0. The summed E-state index contributed by atoms with van der Waals surface area (Å²) in [5.41, 5.74) is 0.792. The summed E-state index contributed by atoms with van der Waals surface area (Å²) in [6.45, 7) is 9.90. The molecule has 4 aromatic rings. The Morgan fingerprint density at radius 2 is 1.71 bits per heavy atom. The van der Waals surface area contributed by atoms with Gasteiger partial charge >= 0.3 is 0 Å². The smallest absolute Gasteiger partial charge is 0.266 e. The van der Waals surface area contributed by atoms with Gasteiger partial charge in [0, 0.05) is 13.1 Å². The summed E-state index contributed by atoms with van der Waals surface area (Å²) >= 11 is 1.50. The van der Waals surface area contributed by atoms with E-state index in [0.717, 1.165) is 46.4 Å². The minimum atomic E-state index is -0.114. The zero-order valence-electron chi connectivity index (χ0n) is 20.0. The third-order valence-corrected chi connectivity index (χ3v) is 6.86. The molecule has 0 atom stereocenters. The van der Waals surface area contributed by atoms with Crippen molar-refractivity contribution in [2.75, 3.05) is 44.3 Å². The number of carbonyl (C=O) groups excluding carboxylic acids is 1. The monoisotopic (exact) mass is 477 g/mol. The van der Waals surface area contributed by atoms with E-state index in [1.54, 1.807) is 4.90 Å². The van der Waals surface area contributed by atoms with Crippen LogP contribution in [0.1, 0.15) is 20.8 Å². The van der Waals surface area contributed by atoms with E-state index in [0.29, 0.717) is 24.0 Å². The van der Waals surface area contributed by atoms with Gasteiger partial charge in [0.2, 0.25) is 0 Å². The van der Waals surface area contributed by atoms with Crippen molar-refractivity contribution in [3.8, 4) is 11.5 Å². The predicted molar refractivity (Wildman–Crippen MR) is 140 cm³/mol. The molecule has 0 saturated carbocycles. The molecule has 0 aliphatic carbocycles. The maximum absolute atomic E-state index is 13.4. The van der Waals surface area contributed by atoms with E-state index in [4.69, 9.17) is 14.5 Å². The molecule has 6 nitrogen and oxygen atoms in total. The first-order valence-electron chi connectivity index (χ1n) is 11.8. The molecule has 0 radical (unpaired) electrons. The van der Waals surface area contributed by atoms with Crippen LogP contribution < -0.4 is 14.4 Å². The van der Waals surface area contributed by atoms with Crippen molar-refractivity contribution in [2.24, 2.45) is 0 Å². The van der Waals surface area contributed by atoms with Crippen LogP contribution in [0, 0.1) is 0 Å². The minimum Gasteiger partial charge on any atom is -0.492 e. The number of ether oxygens (including phenoxy) is 2. The van der Waals surface area contributed by atoms with E-state index in [-0.39, 0.29) is 12.5 Å². The summed E-state index contributed by atoms with van der Waals surface area (Å²) < 4.78 is 12.7. The summed E-state index contributed by atoms with van der Waals surface area (Å²) in [4.78, 5) is 22.2. The van der Waals surface area contributed by atoms with Gasteiger partial charge < -0.3 is 14.4 Å². The highest BCUT2D eigenvalue weighted by Crippen LogP contribution is 2.34. The molecule has 1 heterocycles. The lowest BCUT2D eigenvalue weighted by atomic mass is 10.1. The van der Waals surface area contributed by atoms with Crippen LogP contribution in [0.5, 0.6) is 11.5 Å². The Bertz CT molecular complexity index is 1250. The number of para-hydroxylation sites is 1. The molecular weight excluding hydrogens is 446 g/mol. The van der Waals surface area contributed by atoms with Gasteiger partial charge in [-0.3, -0.25) is 9.69 Å². The zero-order chi connectivity index (χ0) is 23.9. The molecule has 0 saturated heterocycles. The molecule has 0 spiro atoms. The van der Waals surface area contributed by atoms with Crippen molar-refractivity contribution in [3.63, 3.8) is 0 Å². The SMILES string of the molecule is CCOc1cccc2sc(N(CCN(CC)CC)C(=O)COc3ccc4ccccc4c3)nc12. The molecule has 178 valence electrons. The van der Waals surface area contributed by atoms with E-state index in [1.165, 1.54) is 11.3 Å². The molecule has 0 unspecified atom stereocenters. The summed E-state index contributed by atoms with van der Waals surface area (Å²) in [5.74, 6) is 1.31. The summed E-state index contributed by atoms with van der Waals surface area (Å²) in [6, 6.07) is 19.9. The first kappa shape index (κ1) is 24.0. The molecule has 0 aliphatic heterocycles. The first-order chi connectivity index (χ1) is 16.6. The minimum absolute atomic E-state index is 0.0508. The van der Waals surface area contributed by atoms with Crippen molar-refractivity contribution in [1.29, 1.82) is 0 Å². The molecule has 0 N–H and O–H groups in total. The molecule has 0 fully saturated rings. The van der Waals surface area contributed by atoms with Crippen LogP contribution in [0.3, 0.4) is 0 Å². The van der Waals surface area contributed by atoms with Crippen LogP contribution in [0.15, 0.2) is 60.7 Å². The van der Waals surface area contributed by atoms with Gasteiger partial charge in [0.05, 0.1) is 11.3 Å². The number of thiazole rings is 1. The molecule has 0 aliphatic rings. The number of carbonyl (C=O) groups is 1. The van der Waals surface area contributed by atoms with Gasteiger partial charge in [0.25, 0.3) is 5.91 Å². The average molecular weight is 478 g/mol. The molecular formula is C27H31N3O3S. The van der Waals surface area contributed by atoms with E-state index in [1.807, 2.05) is 61.5 Å². The standard InChI is InChI=1S/C27H31N3O3S/c1-4-29(5-2)16-17-30(27-28-26-23(32-6-3)12-9-13-24(26)34-27)25(31)19-33-22-15-14-20-10-7-8-11-21(20)18-22/h7-15,18H,4-6,16-17,19H2,1-3H3. The molecule has 0 bridgehead atoms. The van der Waals surface area contributed by atoms with Crippen LogP contribution in [0.4, 0.5) is 5.13 Å². The quantitative estimate of drug-likeness (QED) is 0.281. The van der Waals surface area contributed by atoms with Crippen molar-refractivity contribution >= 4 is 43.4 Å². The van der Waals surface area contributed by atoms with Gasteiger partial charge in [-0.15, -0.1) is 0 Å². The Labute approximate surface area is 204 Å². The molecule has 7 heteroatoms. The molecule has 3 aromatic carbocycles. The van der Waals surface area contributed by atoms with Crippen LogP contribution in [0.25, 0.3) is 21.0 Å². The van der Waals surface area contributed by atoms with Crippen molar-refractivity contribution in [1.82, 2.24) is 9.88 Å². The highest BCUT2D eigenvalue weighted by molar-refractivity contribution is 7.22. The van der Waals surface area contributed by atoms with E-state index in [2.05, 4.69) is 24.8 Å². The van der Waals surface area contributed by atoms with Crippen molar-refractivity contribution < 1.29 is 14.3 Å². The number of likely N-dealkylation sites (N-methyl/N-ethyl adjacent to an activating group) is 1. The summed E-state index contributed by atoms with van der Waals surface area (Å²) in [5, 5.41) is 2.89. The van der Waals surface area contributed by atoms with Gasteiger partial charge in [0.15, 0.2) is 11.7 Å². The fourth-order valence-electron chi connectivity index (χ4n) is 3.89. The topological polar surface area (TPSA) is 54.9 Å². The second-order valence-electron chi connectivity index (χ2n) is 7.90.